The van der Waals surface area contributed by atoms with Crippen LogP contribution < -0.4 is 20.7 Å². The van der Waals surface area contributed by atoms with Crippen LogP contribution in [0.5, 0.6) is 11.6 Å². The van der Waals surface area contributed by atoms with Gasteiger partial charge in [-0.25, -0.2) is 9.97 Å². The summed E-state index contributed by atoms with van der Waals surface area (Å²) in [5.41, 5.74) is 14.2. The predicted octanol–water partition coefficient (Wildman–Crippen LogP) is 7.92. The van der Waals surface area contributed by atoms with Gasteiger partial charge >= 0.3 is 0 Å². The van der Waals surface area contributed by atoms with E-state index in [0.29, 0.717) is 41.1 Å². The first-order chi connectivity index (χ1) is 36.3. The Hall–Kier alpha value is -6.47. The number of rotatable bonds is 18. The van der Waals surface area contributed by atoms with E-state index in [9.17, 15) is 19.8 Å². The van der Waals surface area contributed by atoms with E-state index in [-0.39, 0.29) is 60.8 Å². The van der Waals surface area contributed by atoms with E-state index in [1.54, 1.807) is 29.7 Å². The molecule has 4 aliphatic rings. The predicted molar refractivity (Wildman–Crippen MR) is 287 cm³/mol. The highest BCUT2D eigenvalue weighted by Gasteiger charge is 2.44. The van der Waals surface area contributed by atoms with Crippen molar-refractivity contribution in [3.05, 3.63) is 113 Å². The van der Waals surface area contributed by atoms with Gasteiger partial charge in [0, 0.05) is 82.4 Å². The average Bonchev–Trinajstić information content (AvgIpc) is 4.17. The molecule has 0 radical (unpaired) electrons. The van der Waals surface area contributed by atoms with Crippen molar-refractivity contribution in [1.29, 1.82) is 0 Å². The number of hydrogen-bond donors (Lipinski definition) is 4. The summed E-state index contributed by atoms with van der Waals surface area (Å²) in [7, 11) is 0. The van der Waals surface area contributed by atoms with Gasteiger partial charge in [-0.2, -0.15) is 0 Å². The fourth-order valence-electron chi connectivity index (χ4n) is 11.2. The number of nitrogens with one attached hydrogen (secondary N) is 1. The van der Waals surface area contributed by atoms with Gasteiger partial charge < -0.3 is 50.0 Å². The molecule has 396 valence electrons. The van der Waals surface area contributed by atoms with Crippen molar-refractivity contribution in [1.82, 2.24) is 40.4 Å². The quantitative estimate of drug-likeness (QED) is 0.0643. The highest BCUT2D eigenvalue weighted by Crippen LogP contribution is 2.36. The van der Waals surface area contributed by atoms with Crippen LogP contribution in [0.3, 0.4) is 0 Å². The monoisotopic (exact) mass is 1040 g/mol. The lowest BCUT2D eigenvalue weighted by atomic mass is 9.91. The maximum Gasteiger partial charge on any atom is 0.243 e. The number of β-amino-alcohol motifs (C(OH)–C–C–N with tert-alkyl or cyclic N) is 1. The van der Waals surface area contributed by atoms with E-state index in [0.717, 1.165) is 116 Å². The largest absolute Gasteiger partial charge is 0.507 e. The van der Waals surface area contributed by atoms with Crippen LogP contribution in [0.4, 0.5) is 11.6 Å². The van der Waals surface area contributed by atoms with Gasteiger partial charge in [0.15, 0.2) is 11.6 Å². The Morgan fingerprint density at radius 1 is 0.893 bits per heavy atom. The minimum atomic E-state index is -0.802. The summed E-state index contributed by atoms with van der Waals surface area (Å²) in [4.78, 5) is 44.5. The van der Waals surface area contributed by atoms with Crippen LogP contribution in [-0.4, -0.2) is 127 Å². The number of carbonyl (C=O) groups excluding carboxylic acids is 2. The molecule has 2 aromatic carbocycles. The Morgan fingerprint density at radius 2 is 1.67 bits per heavy atom. The van der Waals surface area contributed by atoms with Gasteiger partial charge in [-0.1, -0.05) is 55.4 Å². The Labute approximate surface area is 442 Å². The molecule has 18 heteroatoms. The maximum absolute atomic E-state index is 14.4. The van der Waals surface area contributed by atoms with Crippen LogP contribution in [0.15, 0.2) is 89.0 Å². The van der Waals surface area contributed by atoms with Crippen molar-refractivity contribution < 1.29 is 33.8 Å². The van der Waals surface area contributed by atoms with Gasteiger partial charge in [0.25, 0.3) is 0 Å². The number of phenolic OH excluding ortho intramolecular Hbond substituents is 1. The molecule has 1 saturated carbocycles. The molecule has 4 fully saturated rings. The van der Waals surface area contributed by atoms with Crippen molar-refractivity contribution in [3.8, 4) is 33.3 Å². The second kappa shape index (κ2) is 23.2. The lowest BCUT2D eigenvalue weighted by Gasteiger charge is -2.41. The molecule has 4 atom stereocenters. The normalized spacial score (nSPS) is 21.5. The first-order valence-corrected chi connectivity index (χ1v) is 27.6. The lowest BCUT2D eigenvalue weighted by Crippen LogP contribution is -2.48. The number of aryl methyl sites for hydroxylation is 3. The van der Waals surface area contributed by atoms with Gasteiger partial charge in [-0.15, -0.1) is 21.5 Å². The average molecular weight is 1040 g/mol. The molecule has 4 aromatic heterocycles. The van der Waals surface area contributed by atoms with E-state index in [2.05, 4.69) is 40.4 Å². The molecule has 17 nitrogen and oxygen atoms in total. The first-order valence-electron chi connectivity index (χ1n) is 26.7. The third-order valence-corrected chi connectivity index (χ3v) is 16.7. The van der Waals surface area contributed by atoms with Crippen molar-refractivity contribution in [2.45, 2.75) is 128 Å². The molecule has 0 bridgehead atoms. The first kappa shape index (κ1) is 52.0. The van der Waals surface area contributed by atoms with Crippen LogP contribution in [-0.2, 0) is 27.2 Å². The molecular weight excluding hydrogens is 969 g/mol. The molecule has 0 unspecified atom stereocenters. The Bertz CT molecular complexity index is 2890. The zero-order chi connectivity index (χ0) is 52.2. The molecule has 6 aromatic rings. The molecule has 3 saturated heterocycles. The SMILES string of the molecule is Cc1ncsc1-c1ccc([C@H](C)NC(=O)[C@@H]2C[C@@H](O)CN2C(=O)[C@@H](c2cc(N3CCC(CN4CCC(OC5CC(Oc6cc(CCc7cc(-c8ccccc8O)nnc7N)ccn6)C5)CC4)CC3)no2)C(C)C)cc1. The van der Waals surface area contributed by atoms with E-state index in [1.807, 2.05) is 93.9 Å². The molecule has 5 N–H and O–H groups in total. The number of benzene rings is 2. The summed E-state index contributed by atoms with van der Waals surface area (Å²) in [6.45, 7) is 12.8. The number of phenols is 1. The number of aliphatic hydroxyl groups excluding tert-OH is 1. The highest BCUT2D eigenvalue weighted by atomic mass is 32.1. The minimum absolute atomic E-state index is 0.0789. The number of ether oxygens (including phenoxy) is 2. The number of likely N-dealkylation sites (tertiary alicyclic amines) is 2. The molecule has 75 heavy (non-hydrogen) atoms. The molecule has 0 spiro atoms. The molecule has 7 heterocycles. The third-order valence-electron chi connectivity index (χ3n) is 15.7. The molecule has 3 aliphatic heterocycles. The van der Waals surface area contributed by atoms with Crippen LogP contribution in [0.25, 0.3) is 21.7 Å². The number of anilines is 2. The van der Waals surface area contributed by atoms with Crippen molar-refractivity contribution in [2.75, 3.05) is 49.9 Å². The summed E-state index contributed by atoms with van der Waals surface area (Å²) in [5.74, 6) is 1.64. The Kier molecular flexibility index (Phi) is 16.1. The second-order valence-electron chi connectivity index (χ2n) is 21.4. The smallest absolute Gasteiger partial charge is 0.243 e. The number of para-hydroxylation sites is 1. The van der Waals surface area contributed by atoms with Gasteiger partial charge in [0.2, 0.25) is 17.7 Å². The number of aromatic nitrogens is 5. The fraction of sp³-hybridized carbons (Fsp3) is 0.491. The number of nitrogens with two attached hydrogens (primary N) is 1. The number of thiazole rings is 1. The van der Waals surface area contributed by atoms with Crippen molar-refractivity contribution in [2.24, 2.45) is 11.8 Å². The van der Waals surface area contributed by atoms with Crippen molar-refractivity contribution >= 4 is 34.8 Å². The number of amides is 2. The van der Waals surface area contributed by atoms with E-state index in [4.69, 9.17) is 19.7 Å². The summed E-state index contributed by atoms with van der Waals surface area (Å²) in [6, 6.07) is 21.8. The topological polar surface area (TPSA) is 218 Å². The lowest BCUT2D eigenvalue weighted by molar-refractivity contribution is -0.141. The zero-order valence-corrected chi connectivity index (χ0v) is 44.2. The number of piperidine rings is 2. The molecule has 10 rings (SSSR count). The van der Waals surface area contributed by atoms with Gasteiger partial charge in [-0.05, 0) is 111 Å². The standard InChI is InChI=1S/C57H70N10O7S/c1-34(2)53(57(71)67-32-42(68)27-48(67)56(70)61-35(3)39-11-13-40(14-12-39)54-36(4)60-33-75-54)50-30-51(64-74-50)66-23-16-38(17-24-66)31-65-21-18-43(19-22-65)72-44-28-45(29-44)73-52-25-37(15-20-59-52)9-10-41-26-47(62-63-55(41)58)46-7-5-6-8-49(46)69/h5-8,11-15,20,25-26,30,33-35,38,42-45,48,53,68-69H,9-10,16-19,21-24,27-29,31-32H2,1-4H3,(H2,58,63)(H,61,70)/t35-,42+,44?,45?,48-,53+/m0/s1. The summed E-state index contributed by atoms with van der Waals surface area (Å²) < 4.78 is 18.8. The summed E-state index contributed by atoms with van der Waals surface area (Å²) in [5, 5.41) is 37.0. The van der Waals surface area contributed by atoms with E-state index in [1.165, 1.54) is 4.90 Å². The Balaban J connectivity index is 0.635. The number of aliphatic hydroxyl groups is 1. The zero-order valence-electron chi connectivity index (χ0n) is 43.4. The Morgan fingerprint density at radius 3 is 2.40 bits per heavy atom. The van der Waals surface area contributed by atoms with Crippen LogP contribution in [0.1, 0.15) is 106 Å². The van der Waals surface area contributed by atoms with Gasteiger partial charge in [0.05, 0.1) is 46.1 Å². The second-order valence-corrected chi connectivity index (χ2v) is 22.2. The number of hydrogen-bond acceptors (Lipinski definition) is 16. The number of aromatic hydroxyl groups is 1. The van der Waals surface area contributed by atoms with Crippen LogP contribution in [0, 0.1) is 18.8 Å². The number of carbonyl (C=O) groups is 2. The van der Waals surface area contributed by atoms with Crippen molar-refractivity contribution in [3.63, 3.8) is 0 Å². The molecular formula is C57H70N10O7S. The van der Waals surface area contributed by atoms with E-state index < -0.39 is 18.1 Å². The van der Waals surface area contributed by atoms with Gasteiger partial charge in [0.1, 0.15) is 29.6 Å². The highest BCUT2D eigenvalue weighted by molar-refractivity contribution is 7.13. The fourth-order valence-corrected chi connectivity index (χ4v) is 12.0. The minimum Gasteiger partial charge on any atom is -0.507 e. The third kappa shape index (κ3) is 12.3. The number of pyridine rings is 1. The number of nitrogens with zero attached hydrogens (tertiary/aromatic N) is 8. The molecule has 1 aliphatic carbocycles. The van der Waals surface area contributed by atoms with Gasteiger partial charge in [-0.3, -0.25) is 9.59 Å². The number of nitrogen functional groups attached to an aromatic ring is 1. The summed E-state index contributed by atoms with van der Waals surface area (Å²) >= 11 is 1.60. The molecule has 2 amide bonds. The van der Waals surface area contributed by atoms with Crippen LogP contribution in [0.2, 0.25) is 0 Å². The van der Waals surface area contributed by atoms with E-state index >= 15 is 0 Å². The maximum atomic E-state index is 14.4. The summed E-state index contributed by atoms with van der Waals surface area (Å²) in [6.07, 6.45) is 8.92. The van der Waals surface area contributed by atoms with Crippen LogP contribution >= 0.6 is 11.3 Å².